The first kappa shape index (κ1) is 13.4. The molecule has 0 aliphatic rings. The minimum Gasteiger partial charge on any atom is -0.317 e. The first-order valence-electron chi connectivity index (χ1n) is 4.99. The molecule has 1 aromatic rings. The van der Waals surface area contributed by atoms with E-state index in [0.717, 1.165) is 0 Å². The van der Waals surface area contributed by atoms with Gasteiger partial charge in [-0.2, -0.15) is 5.10 Å². The van der Waals surface area contributed by atoms with Crippen molar-refractivity contribution in [3.63, 3.8) is 0 Å². The van der Waals surface area contributed by atoms with Crippen molar-refractivity contribution in [2.75, 3.05) is 0 Å². The van der Waals surface area contributed by atoms with Gasteiger partial charge >= 0.3 is 0 Å². The first-order chi connectivity index (χ1) is 7.19. The van der Waals surface area contributed by atoms with Gasteiger partial charge in [-0.3, -0.25) is 4.68 Å². The summed E-state index contributed by atoms with van der Waals surface area (Å²) in [6.07, 6.45) is -2.69. The molecule has 0 aliphatic carbocycles. The Morgan fingerprint density at radius 2 is 1.94 bits per heavy atom. The van der Waals surface area contributed by atoms with Crippen molar-refractivity contribution in [1.82, 2.24) is 9.78 Å². The van der Waals surface area contributed by atoms with Gasteiger partial charge in [0.05, 0.1) is 5.69 Å². The largest absolute Gasteiger partial charge is 0.317 e. The predicted molar refractivity (Wildman–Crippen MR) is 59.9 cm³/mol. The van der Waals surface area contributed by atoms with Crippen LogP contribution >= 0.6 is 11.6 Å². The number of nitrogens with two attached hydrogens (primary N) is 1. The van der Waals surface area contributed by atoms with E-state index in [1.165, 1.54) is 11.6 Å². The molecule has 0 saturated carbocycles. The minimum absolute atomic E-state index is 0.00433. The average molecular weight is 252 g/mol. The lowest BCUT2D eigenvalue weighted by atomic mass is 9.90. The quantitative estimate of drug-likeness (QED) is 0.898. The number of rotatable bonds is 3. The van der Waals surface area contributed by atoms with E-state index < -0.39 is 12.0 Å². The summed E-state index contributed by atoms with van der Waals surface area (Å²) < 4.78 is 27.2. The number of aryl methyl sites for hydroxylation is 1. The zero-order valence-electron chi connectivity index (χ0n) is 9.76. The number of aromatic nitrogens is 2. The van der Waals surface area contributed by atoms with Crippen molar-refractivity contribution >= 4 is 11.6 Å². The predicted octanol–water partition coefficient (Wildman–Crippen LogP) is 2.64. The van der Waals surface area contributed by atoms with E-state index in [0.29, 0.717) is 5.69 Å². The highest BCUT2D eigenvalue weighted by Crippen LogP contribution is 2.36. The van der Waals surface area contributed by atoms with Crippen LogP contribution in [-0.4, -0.2) is 16.2 Å². The Labute approximate surface area is 98.6 Å². The Bertz CT molecular complexity index is 386. The Balaban J connectivity index is 3.42. The van der Waals surface area contributed by atoms with Gasteiger partial charge in [0.2, 0.25) is 0 Å². The van der Waals surface area contributed by atoms with Gasteiger partial charge in [0.25, 0.3) is 6.43 Å². The molecule has 0 amide bonds. The van der Waals surface area contributed by atoms with E-state index in [2.05, 4.69) is 5.10 Å². The molecule has 0 aliphatic heterocycles. The van der Waals surface area contributed by atoms with Crippen LogP contribution in [0.2, 0.25) is 5.15 Å². The lowest BCUT2D eigenvalue weighted by Crippen LogP contribution is -2.41. The summed E-state index contributed by atoms with van der Waals surface area (Å²) in [4.78, 5) is 0. The van der Waals surface area contributed by atoms with Gasteiger partial charge in [-0.15, -0.1) is 0 Å². The Morgan fingerprint density at radius 1 is 1.44 bits per heavy atom. The second kappa shape index (κ2) is 4.30. The zero-order valence-corrected chi connectivity index (χ0v) is 10.5. The maximum Gasteiger partial charge on any atom is 0.260 e. The van der Waals surface area contributed by atoms with Gasteiger partial charge < -0.3 is 5.73 Å². The molecular formula is C10H16ClF2N3. The van der Waals surface area contributed by atoms with Crippen LogP contribution < -0.4 is 5.73 Å². The number of alkyl halides is 2. The Kier molecular flexibility index (Phi) is 3.59. The molecular weight excluding hydrogens is 236 g/mol. The number of nitrogens with zero attached hydrogens (tertiary/aromatic N) is 2. The maximum atomic E-state index is 12.9. The zero-order chi connectivity index (χ0) is 12.7. The van der Waals surface area contributed by atoms with Crippen molar-refractivity contribution in [2.24, 2.45) is 12.8 Å². The molecule has 0 bridgehead atoms. The smallest absolute Gasteiger partial charge is 0.260 e. The van der Waals surface area contributed by atoms with Gasteiger partial charge in [0.15, 0.2) is 0 Å². The van der Waals surface area contributed by atoms with Crippen LogP contribution in [0.15, 0.2) is 0 Å². The normalized spacial score (nSPS) is 15.9. The van der Waals surface area contributed by atoms with Crippen LogP contribution in [0.1, 0.15) is 37.9 Å². The van der Waals surface area contributed by atoms with Gasteiger partial charge in [0.1, 0.15) is 10.7 Å². The molecule has 1 aromatic heterocycles. The molecule has 1 heterocycles. The maximum absolute atomic E-state index is 12.9. The molecule has 0 radical (unpaired) electrons. The molecule has 1 atom stereocenters. The molecule has 1 rings (SSSR count). The summed E-state index contributed by atoms with van der Waals surface area (Å²) in [7, 11) is 1.61. The fourth-order valence-electron chi connectivity index (χ4n) is 1.53. The van der Waals surface area contributed by atoms with Crippen LogP contribution in [0, 0.1) is 0 Å². The lowest BCUT2D eigenvalue weighted by Gasteiger charge is -2.25. The molecule has 0 saturated heterocycles. The van der Waals surface area contributed by atoms with Crippen molar-refractivity contribution in [3.8, 4) is 0 Å². The van der Waals surface area contributed by atoms with E-state index in [9.17, 15) is 8.78 Å². The van der Waals surface area contributed by atoms with Crippen LogP contribution in [0.5, 0.6) is 0 Å². The Morgan fingerprint density at radius 3 is 2.31 bits per heavy atom. The standard InChI is InChI=1S/C10H16ClF2N3/c1-5(2)7-6(8(11)16(4)15-7)10(3,14)9(12)13/h5,9H,14H2,1-4H3. The summed E-state index contributed by atoms with van der Waals surface area (Å²) in [5.41, 5.74) is 4.64. The van der Waals surface area contributed by atoms with Gasteiger partial charge in [-0.05, 0) is 12.8 Å². The molecule has 3 nitrogen and oxygen atoms in total. The molecule has 2 N–H and O–H groups in total. The minimum atomic E-state index is -2.69. The lowest BCUT2D eigenvalue weighted by molar-refractivity contribution is 0.0619. The highest BCUT2D eigenvalue weighted by Gasteiger charge is 2.39. The average Bonchev–Trinajstić information content (AvgIpc) is 2.43. The fourth-order valence-corrected chi connectivity index (χ4v) is 1.87. The third kappa shape index (κ3) is 2.06. The van der Waals surface area contributed by atoms with Crippen molar-refractivity contribution in [1.29, 1.82) is 0 Å². The summed E-state index contributed by atoms with van der Waals surface area (Å²) in [5, 5.41) is 4.30. The van der Waals surface area contributed by atoms with Crippen molar-refractivity contribution in [3.05, 3.63) is 16.4 Å². The molecule has 0 aromatic carbocycles. The molecule has 0 spiro atoms. The van der Waals surface area contributed by atoms with E-state index in [1.54, 1.807) is 7.05 Å². The topological polar surface area (TPSA) is 43.8 Å². The van der Waals surface area contributed by atoms with Crippen LogP contribution in [0.25, 0.3) is 0 Å². The highest BCUT2D eigenvalue weighted by molar-refractivity contribution is 6.30. The molecule has 1 unspecified atom stereocenters. The molecule has 16 heavy (non-hydrogen) atoms. The second-order valence-corrected chi connectivity index (χ2v) is 4.77. The molecule has 0 fully saturated rings. The first-order valence-corrected chi connectivity index (χ1v) is 5.37. The van der Waals surface area contributed by atoms with Crippen LogP contribution in [0.4, 0.5) is 8.78 Å². The third-order valence-electron chi connectivity index (χ3n) is 2.54. The van der Waals surface area contributed by atoms with Crippen LogP contribution in [-0.2, 0) is 12.6 Å². The summed E-state index contributed by atoms with van der Waals surface area (Å²) in [6, 6.07) is 0. The SMILES string of the molecule is CC(C)c1nn(C)c(Cl)c1C(C)(N)C(F)F. The van der Waals surface area contributed by atoms with Crippen molar-refractivity contribution < 1.29 is 8.78 Å². The third-order valence-corrected chi connectivity index (χ3v) is 2.98. The molecule has 6 heteroatoms. The highest BCUT2D eigenvalue weighted by atomic mass is 35.5. The summed E-state index contributed by atoms with van der Waals surface area (Å²) >= 11 is 5.97. The Hall–Kier alpha value is -0.680. The summed E-state index contributed by atoms with van der Waals surface area (Å²) in [5.74, 6) is -0.00433. The number of halogens is 3. The van der Waals surface area contributed by atoms with Crippen LogP contribution in [0.3, 0.4) is 0 Å². The van der Waals surface area contributed by atoms with Gasteiger partial charge in [-0.25, -0.2) is 8.78 Å². The van der Waals surface area contributed by atoms with E-state index in [4.69, 9.17) is 17.3 Å². The van der Waals surface area contributed by atoms with E-state index in [-0.39, 0.29) is 16.6 Å². The van der Waals surface area contributed by atoms with E-state index >= 15 is 0 Å². The number of hydrogen-bond acceptors (Lipinski definition) is 2. The monoisotopic (exact) mass is 251 g/mol. The molecule has 92 valence electrons. The van der Waals surface area contributed by atoms with Crippen molar-refractivity contribution in [2.45, 2.75) is 38.7 Å². The van der Waals surface area contributed by atoms with Gasteiger partial charge in [0, 0.05) is 12.6 Å². The van der Waals surface area contributed by atoms with Gasteiger partial charge in [-0.1, -0.05) is 25.4 Å². The fraction of sp³-hybridized carbons (Fsp3) is 0.700. The summed E-state index contributed by atoms with van der Waals surface area (Å²) in [6.45, 7) is 5.00. The second-order valence-electron chi connectivity index (χ2n) is 4.41. The number of hydrogen-bond donors (Lipinski definition) is 1. The van der Waals surface area contributed by atoms with E-state index in [1.807, 2.05) is 13.8 Å².